The monoisotopic (exact) mass is 750 g/mol. The lowest BCUT2D eigenvalue weighted by atomic mass is 9.81. The number of hydrogen-bond acceptors (Lipinski definition) is 2. The first-order valence-electron chi connectivity index (χ1n) is 20.5. The summed E-state index contributed by atoms with van der Waals surface area (Å²) in [6.07, 6.45) is 0. The lowest BCUT2D eigenvalue weighted by Gasteiger charge is -2.22. The van der Waals surface area contributed by atoms with E-state index in [0.29, 0.717) is 5.82 Å². The van der Waals surface area contributed by atoms with Crippen LogP contribution in [0.5, 0.6) is 0 Å². The van der Waals surface area contributed by atoms with Crippen molar-refractivity contribution in [1.29, 1.82) is 0 Å². The molecule has 0 saturated carbocycles. The number of benzene rings is 10. The number of aromatic nitrogens is 2. The molecule has 0 spiro atoms. The summed E-state index contributed by atoms with van der Waals surface area (Å²) >= 11 is 0. The highest BCUT2D eigenvalue weighted by Crippen LogP contribution is 2.53. The Labute approximate surface area is 343 Å². The third-order valence-corrected chi connectivity index (χ3v) is 12.8. The van der Waals surface area contributed by atoms with Gasteiger partial charge in [0.15, 0.2) is 5.82 Å². The first-order valence-corrected chi connectivity index (χ1v) is 20.5. The molecule has 0 bridgehead atoms. The Morgan fingerprint density at radius 2 is 0.898 bits per heavy atom. The van der Waals surface area contributed by atoms with Crippen LogP contribution in [0.1, 0.15) is 25.0 Å². The highest BCUT2D eigenvalue weighted by atomic mass is 14.9. The average molecular weight is 751 g/mol. The minimum atomic E-state index is -0.116. The molecule has 1 aliphatic rings. The van der Waals surface area contributed by atoms with Crippen LogP contribution in [0.15, 0.2) is 194 Å². The fourth-order valence-electron chi connectivity index (χ4n) is 9.99. The molecule has 59 heavy (non-hydrogen) atoms. The Morgan fingerprint density at radius 1 is 0.339 bits per heavy atom. The third-order valence-electron chi connectivity index (χ3n) is 12.8. The van der Waals surface area contributed by atoms with Crippen molar-refractivity contribution < 1.29 is 0 Å². The van der Waals surface area contributed by atoms with E-state index in [4.69, 9.17) is 9.97 Å². The summed E-state index contributed by atoms with van der Waals surface area (Å²) in [7, 11) is 0. The molecule has 2 heteroatoms. The maximum absolute atomic E-state index is 5.38. The van der Waals surface area contributed by atoms with Gasteiger partial charge in [-0.3, -0.25) is 0 Å². The van der Waals surface area contributed by atoms with Gasteiger partial charge in [0.1, 0.15) is 0 Å². The summed E-state index contributed by atoms with van der Waals surface area (Å²) in [5.74, 6) is 0.708. The molecule has 276 valence electrons. The van der Waals surface area contributed by atoms with Crippen LogP contribution in [0, 0.1) is 0 Å². The maximum Gasteiger partial charge on any atom is 0.160 e. The zero-order valence-electron chi connectivity index (χ0n) is 32.9. The van der Waals surface area contributed by atoms with Crippen molar-refractivity contribution in [2.45, 2.75) is 19.3 Å². The second-order valence-electron chi connectivity index (χ2n) is 16.5. The van der Waals surface area contributed by atoms with Gasteiger partial charge in [0.2, 0.25) is 0 Å². The second-order valence-corrected chi connectivity index (χ2v) is 16.5. The summed E-state index contributed by atoms with van der Waals surface area (Å²) in [5.41, 5.74) is 12.6. The Kier molecular flexibility index (Phi) is 7.31. The van der Waals surface area contributed by atoms with Crippen LogP contribution in [0.25, 0.3) is 110 Å². The van der Waals surface area contributed by atoms with E-state index in [-0.39, 0.29) is 5.41 Å². The van der Waals surface area contributed by atoms with Crippen LogP contribution in [0.4, 0.5) is 0 Å². The van der Waals surface area contributed by atoms with Crippen molar-refractivity contribution in [3.05, 3.63) is 205 Å². The number of fused-ring (bicyclic) bond motifs is 12. The fraction of sp³-hybridized carbons (Fsp3) is 0.0526. The molecule has 0 atom stereocenters. The molecule has 1 heterocycles. The van der Waals surface area contributed by atoms with Gasteiger partial charge in [-0.1, -0.05) is 178 Å². The first-order chi connectivity index (χ1) is 29.0. The van der Waals surface area contributed by atoms with E-state index in [1.165, 1.54) is 87.2 Å². The Morgan fingerprint density at radius 3 is 1.66 bits per heavy atom. The van der Waals surface area contributed by atoms with Crippen molar-refractivity contribution in [3.8, 4) is 56.2 Å². The molecule has 11 aromatic rings. The zero-order valence-corrected chi connectivity index (χ0v) is 32.9. The van der Waals surface area contributed by atoms with Gasteiger partial charge < -0.3 is 0 Å². The molecule has 1 aromatic heterocycles. The van der Waals surface area contributed by atoms with E-state index in [1.54, 1.807) is 0 Å². The molecular formula is C57H38N2. The van der Waals surface area contributed by atoms with E-state index >= 15 is 0 Å². The van der Waals surface area contributed by atoms with Crippen molar-refractivity contribution in [3.63, 3.8) is 0 Å². The van der Waals surface area contributed by atoms with Crippen molar-refractivity contribution in [1.82, 2.24) is 9.97 Å². The van der Waals surface area contributed by atoms with Crippen molar-refractivity contribution in [2.24, 2.45) is 0 Å². The zero-order chi connectivity index (χ0) is 39.2. The van der Waals surface area contributed by atoms with Crippen LogP contribution < -0.4 is 0 Å². The molecule has 0 fully saturated rings. The van der Waals surface area contributed by atoms with Gasteiger partial charge in [-0.2, -0.15) is 0 Å². The molecule has 0 N–H and O–H groups in total. The first kappa shape index (κ1) is 33.7. The quantitative estimate of drug-likeness (QED) is 0.167. The maximum atomic E-state index is 5.38. The second kappa shape index (κ2) is 12.8. The number of hydrogen-bond donors (Lipinski definition) is 0. The smallest absolute Gasteiger partial charge is 0.160 e. The van der Waals surface area contributed by atoms with E-state index in [0.717, 1.165) is 28.1 Å². The minimum absolute atomic E-state index is 0.116. The average Bonchev–Trinajstić information content (AvgIpc) is 3.52. The van der Waals surface area contributed by atoms with Gasteiger partial charge in [0.25, 0.3) is 0 Å². The van der Waals surface area contributed by atoms with Gasteiger partial charge in [0, 0.05) is 22.1 Å². The molecule has 0 aliphatic heterocycles. The Balaban J connectivity index is 1.09. The summed E-state index contributed by atoms with van der Waals surface area (Å²) in [6.45, 7) is 4.73. The van der Waals surface area contributed by atoms with Crippen LogP contribution >= 0.6 is 0 Å². The molecule has 2 nitrogen and oxygen atoms in total. The number of rotatable bonds is 4. The minimum Gasteiger partial charge on any atom is -0.228 e. The topological polar surface area (TPSA) is 25.8 Å². The molecule has 0 saturated heterocycles. The van der Waals surface area contributed by atoms with Crippen molar-refractivity contribution >= 4 is 53.9 Å². The van der Waals surface area contributed by atoms with Crippen LogP contribution in [0.2, 0.25) is 0 Å². The van der Waals surface area contributed by atoms with Crippen LogP contribution in [0.3, 0.4) is 0 Å². The van der Waals surface area contributed by atoms with Gasteiger partial charge in [-0.05, 0) is 118 Å². The molecule has 12 rings (SSSR count). The largest absolute Gasteiger partial charge is 0.228 e. The highest BCUT2D eigenvalue weighted by molar-refractivity contribution is 6.33. The molecule has 0 unspecified atom stereocenters. The van der Waals surface area contributed by atoms with E-state index in [9.17, 15) is 0 Å². The molecule has 1 aliphatic carbocycles. The summed E-state index contributed by atoms with van der Waals surface area (Å²) in [5, 5.41) is 12.5. The molecule has 10 aromatic carbocycles. The summed E-state index contributed by atoms with van der Waals surface area (Å²) in [4.78, 5) is 10.7. The Bertz CT molecular complexity index is 3520. The molecule has 0 radical (unpaired) electrons. The third kappa shape index (κ3) is 5.13. The van der Waals surface area contributed by atoms with Crippen LogP contribution in [-0.4, -0.2) is 9.97 Å². The lowest BCUT2D eigenvalue weighted by molar-refractivity contribution is 0.661. The van der Waals surface area contributed by atoms with Gasteiger partial charge in [0.05, 0.1) is 11.4 Å². The standard InChI is InChI=1S/C57H38N2/c1-57(2)50-29-15-28-40(55(50)49-31-36-18-6-7-19-37(36)32-51(49)57)38-20-14-21-39(30-38)52-34-53(59-56(58-52)35-16-4-3-5-17-35)47-33-48-43-24-9-8-22-41(43)42-23-10-12-26-45(42)54(48)46-27-13-11-25-44(46)47/h3-34H,1-2H3. The highest BCUT2D eigenvalue weighted by Gasteiger charge is 2.37. The SMILES string of the molecule is CC1(C)c2cc3ccccc3cc2-c2c(-c3cccc(-c4cc(-c5cc6c7ccccc7c7ccccc7c6c6ccccc56)nc(-c5ccccc5)n4)c3)cccc21. The normalized spacial score (nSPS) is 13.1. The predicted octanol–water partition coefficient (Wildman–Crippen LogP) is 15.2. The van der Waals surface area contributed by atoms with E-state index < -0.39 is 0 Å². The van der Waals surface area contributed by atoms with Gasteiger partial charge in [-0.25, -0.2) is 9.97 Å². The fourth-order valence-corrected chi connectivity index (χ4v) is 9.99. The lowest BCUT2D eigenvalue weighted by Crippen LogP contribution is -2.14. The van der Waals surface area contributed by atoms with E-state index in [2.05, 4.69) is 202 Å². The molecule has 0 amide bonds. The van der Waals surface area contributed by atoms with Gasteiger partial charge >= 0.3 is 0 Å². The molecular weight excluding hydrogens is 713 g/mol. The summed E-state index contributed by atoms with van der Waals surface area (Å²) in [6, 6.07) is 70.7. The van der Waals surface area contributed by atoms with Crippen LogP contribution in [-0.2, 0) is 5.41 Å². The predicted molar refractivity (Wildman–Crippen MR) is 249 cm³/mol. The number of nitrogens with zero attached hydrogens (tertiary/aromatic N) is 2. The van der Waals surface area contributed by atoms with Gasteiger partial charge in [-0.15, -0.1) is 0 Å². The summed E-state index contributed by atoms with van der Waals surface area (Å²) < 4.78 is 0. The van der Waals surface area contributed by atoms with Crippen molar-refractivity contribution in [2.75, 3.05) is 0 Å². The Hall–Kier alpha value is -7.42. The van der Waals surface area contributed by atoms with E-state index in [1.807, 2.05) is 6.07 Å².